The lowest BCUT2D eigenvalue weighted by molar-refractivity contribution is -0.147. The Morgan fingerprint density at radius 2 is 1.71 bits per heavy atom. The van der Waals surface area contributed by atoms with Crippen molar-refractivity contribution in [2.24, 2.45) is 5.73 Å². The Morgan fingerprint density at radius 3 is 2.18 bits per heavy atom. The molecule has 6 nitrogen and oxygen atoms in total. The van der Waals surface area contributed by atoms with Crippen LogP contribution in [0.1, 0.15) is 21.5 Å². The van der Waals surface area contributed by atoms with Gasteiger partial charge in [-0.1, -0.05) is 0 Å². The maximum Gasteiger partial charge on any atom is 0.394 e. The molecule has 0 atom stereocenters. The summed E-state index contributed by atoms with van der Waals surface area (Å²) in [5, 5.41) is 10.6. The van der Waals surface area contributed by atoms with Gasteiger partial charge in [0, 0.05) is 0 Å². The van der Waals surface area contributed by atoms with Gasteiger partial charge in [0.1, 0.15) is 0 Å². The number of hydrogen-bond donors (Lipinski definition) is 3. The third-order valence-electron chi connectivity index (χ3n) is 2.34. The van der Waals surface area contributed by atoms with E-state index in [0.717, 1.165) is 11.1 Å². The molecule has 6 heteroatoms. The van der Waals surface area contributed by atoms with E-state index in [0.29, 0.717) is 0 Å². The van der Waals surface area contributed by atoms with Gasteiger partial charge in [0.2, 0.25) is 0 Å². The lowest BCUT2D eigenvalue weighted by Crippen LogP contribution is -2.24. The highest BCUT2D eigenvalue weighted by atomic mass is 16.4. The minimum Gasteiger partial charge on any atom is -0.474 e. The largest absolute Gasteiger partial charge is 0.474 e. The van der Waals surface area contributed by atoms with Crippen molar-refractivity contribution in [1.82, 2.24) is 0 Å². The number of carbonyl (C=O) groups is 3. The topological polar surface area (TPSA) is 109 Å². The van der Waals surface area contributed by atoms with Crippen LogP contribution in [-0.4, -0.2) is 22.9 Å². The Morgan fingerprint density at radius 1 is 1.18 bits per heavy atom. The van der Waals surface area contributed by atoms with Gasteiger partial charge in [-0.15, -0.1) is 0 Å². The Kier molecular flexibility index (Phi) is 3.47. The fraction of sp³-hybridized carbons (Fsp3) is 0.182. The molecule has 1 aromatic carbocycles. The number of hydrogen-bond acceptors (Lipinski definition) is 3. The molecule has 0 saturated carbocycles. The predicted octanol–water partition coefficient (Wildman–Crippen LogP) is 0.425. The number of carboxylic acid groups (broad SMARTS) is 1. The SMILES string of the molecule is Cc1cc(NC(=O)C(=O)O)c(C(N)=O)cc1C. The minimum absolute atomic E-state index is 0.0858. The van der Waals surface area contributed by atoms with Crippen LogP contribution in [-0.2, 0) is 9.59 Å². The summed E-state index contributed by atoms with van der Waals surface area (Å²) < 4.78 is 0. The highest BCUT2D eigenvalue weighted by molar-refractivity contribution is 6.36. The second kappa shape index (κ2) is 4.65. The van der Waals surface area contributed by atoms with Crippen molar-refractivity contribution in [2.75, 3.05) is 5.32 Å². The summed E-state index contributed by atoms with van der Waals surface area (Å²) in [4.78, 5) is 32.6. The van der Waals surface area contributed by atoms with Crippen LogP contribution in [0.4, 0.5) is 5.69 Å². The fourth-order valence-electron chi connectivity index (χ4n) is 1.30. The molecule has 0 unspecified atom stereocenters. The van der Waals surface area contributed by atoms with Crippen molar-refractivity contribution in [3.63, 3.8) is 0 Å². The van der Waals surface area contributed by atoms with Crippen LogP contribution >= 0.6 is 0 Å². The number of carboxylic acids is 1. The van der Waals surface area contributed by atoms with Crippen molar-refractivity contribution < 1.29 is 19.5 Å². The molecule has 90 valence electrons. The van der Waals surface area contributed by atoms with Crippen LogP contribution in [0.3, 0.4) is 0 Å². The van der Waals surface area contributed by atoms with Crippen LogP contribution in [0.2, 0.25) is 0 Å². The third-order valence-corrected chi connectivity index (χ3v) is 2.34. The van der Waals surface area contributed by atoms with Gasteiger partial charge in [-0.25, -0.2) is 4.79 Å². The zero-order chi connectivity index (χ0) is 13.2. The van der Waals surface area contributed by atoms with Gasteiger partial charge < -0.3 is 16.2 Å². The zero-order valence-electron chi connectivity index (χ0n) is 9.40. The molecule has 0 saturated heterocycles. The summed E-state index contributed by atoms with van der Waals surface area (Å²) in [6.45, 7) is 3.56. The predicted molar refractivity (Wildman–Crippen MR) is 60.7 cm³/mol. The zero-order valence-corrected chi connectivity index (χ0v) is 9.40. The monoisotopic (exact) mass is 236 g/mol. The molecule has 1 aromatic rings. The van der Waals surface area contributed by atoms with Gasteiger partial charge in [0.25, 0.3) is 5.91 Å². The third kappa shape index (κ3) is 2.81. The Hall–Kier alpha value is -2.37. The number of nitrogens with one attached hydrogen (secondary N) is 1. The number of carbonyl (C=O) groups excluding carboxylic acids is 2. The van der Waals surface area contributed by atoms with E-state index in [1.165, 1.54) is 12.1 Å². The van der Waals surface area contributed by atoms with Crippen molar-refractivity contribution in [1.29, 1.82) is 0 Å². The second-order valence-corrected chi connectivity index (χ2v) is 3.61. The number of benzene rings is 1. The van der Waals surface area contributed by atoms with Gasteiger partial charge in [0.05, 0.1) is 11.3 Å². The highest BCUT2D eigenvalue weighted by Gasteiger charge is 2.16. The standard InChI is InChI=1S/C11H12N2O4/c1-5-3-7(9(12)14)8(4-6(5)2)13-10(15)11(16)17/h3-4H,1-2H3,(H2,12,14)(H,13,15)(H,16,17). The normalized spacial score (nSPS) is 9.76. The summed E-state index contributed by atoms with van der Waals surface area (Å²) in [6, 6.07) is 3.02. The number of nitrogens with two attached hydrogens (primary N) is 1. The van der Waals surface area contributed by atoms with E-state index in [4.69, 9.17) is 10.8 Å². The van der Waals surface area contributed by atoms with Crippen molar-refractivity contribution >= 4 is 23.5 Å². The first-order chi connectivity index (χ1) is 7.82. The number of amides is 2. The molecular weight excluding hydrogens is 224 g/mol. The average molecular weight is 236 g/mol. The molecule has 0 radical (unpaired) electrons. The average Bonchev–Trinajstić information content (AvgIpc) is 2.22. The van der Waals surface area contributed by atoms with Crippen LogP contribution in [0.15, 0.2) is 12.1 Å². The van der Waals surface area contributed by atoms with Crippen molar-refractivity contribution in [3.8, 4) is 0 Å². The molecule has 0 spiro atoms. The molecule has 0 bridgehead atoms. The van der Waals surface area contributed by atoms with Crippen molar-refractivity contribution in [3.05, 3.63) is 28.8 Å². The maximum absolute atomic E-state index is 11.2. The Labute approximate surface area is 97.4 Å². The van der Waals surface area contributed by atoms with E-state index >= 15 is 0 Å². The molecule has 2 amide bonds. The number of primary amides is 1. The summed E-state index contributed by atoms with van der Waals surface area (Å²) in [7, 11) is 0. The molecule has 1 rings (SSSR count). The van der Waals surface area contributed by atoms with E-state index in [1.807, 2.05) is 0 Å². The van der Waals surface area contributed by atoms with E-state index in [2.05, 4.69) is 5.32 Å². The van der Waals surface area contributed by atoms with E-state index in [-0.39, 0.29) is 11.3 Å². The summed E-state index contributed by atoms with van der Waals surface area (Å²) in [5.41, 5.74) is 6.98. The number of aliphatic carboxylic acids is 1. The Bertz CT molecular complexity index is 508. The van der Waals surface area contributed by atoms with Gasteiger partial charge >= 0.3 is 11.9 Å². The first kappa shape index (κ1) is 12.7. The van der Waals surface area contributed by atoms with Crippen molar-refractivity contribution in [2.45, 2.75) is 13.8 Å². The van der Waals surface area contributed by atoms with Crippen LogP contribution in [0.5, 0.6) is 0 Å². The lowest BCUT2D eigenvalue weighted by atomic mass is 10.0. The highest BCUT2D eigenvalue weighted by Crippen LogP contribution is 2.20. The molecule has 0 aliphatic carbocycles. The molecule has 0 fully saturated rings. The molecule has 0 heterocycles. The molecule has 17 heavy (non-hydrogen) atoms. The van der Waals surface area contributed by atoms with Crippen LogP contribution in [0, 0.1) is 13.8 Å². The van der Waals surface area contributed by atoms with E-state index in [9.17, 15) is 14.4 Å². The van der Waals surface area contributed by atoms with Crippen LogP contribution < -0.4 is 11.1 Å². The number of aryl methyl sites for hydroxylation is 2. The molecule has 0 aliphatic heterocycles. The molecule has 0 aromatic heterocycles. The van der Waals surface area contributed by atoms with Gasteiger partial charge in [0.15, 0.2) is 0 Å². The number of rotatable bonds is 2. The fourth-order valence-corrected chi connectivity index (χ4v) is 1.30. The summed E-state index contributed by atoms with van der Waals surface area (Å²) in [5.74, 6) is -3.57. The molecule has 0 aliphatic rings. The summed E-state index contributed by atoms with van der Waals surface area (Å²) in [6.07, 6.45) is 0. The van der Waals surface area contributed by atoms with E-state index < -0.39 is 17.8 Å². The second-order valence-electron chi connectivity index (χ2n) is 3.61. The maximum atomic E-state index is 11.2. The van der Waals surface area contributed by atoms with E-state index in [1.54, 1.807) is 13.8 Å². The number of anilines is 1. The minimum atomic E-state index is -1.63. The quantitative estimate of drug-likeness (QED) is 0.646. The first-order valence-electron chi connectivity index (χ1n) is 4.78. The van der Waals surface area contributed by atoms with Crippen LogP contribution in [0.25, 0.3) is 0 Å². The lowest BCUT2D eigenvalue weighted by Gasteiger charge is -2.10. The molecule has 4 N–H and O–H groups in total. The summed E-state index contributed by atoms with van der Waals surface area (Å²) >= 11 is 0. The van der Waals surface area contributed by atoms with Gasteiger partial charge in [-0.2, -0.15) is 0 Å². The van der Waals surface area contributed by atoms with Gasteiger partial charge in [-0.3, -0.25) is 9.59 Å². The van der Waals surface area contributed by atoms with Gasteiger partial charge in [-0.05, 0) is 37.1 Å². The Balaban J connectivity index is 3.22. The smallest absolute Gasteiger partial charge is 0.394 e. The molecular formula is C11H12N2O4. The first-order valence-corrected chi connectivity index (χ1v) is 4.78.